The van der Waals surface area contributed by atoms with Gasteiger partial charge < -0.3 is 4.90 Å². The van der Waals surface area contributed by atoms with E-state index >= 15 is 0 Å². The fraction of sp³-hybridized carbons (Fsp3) is 0.200. The van der Waals surface area contributed by atoms with Crippen LogP contribution in [0.5, 0.6) is 0 Å². The largest absolute Gasteiger partial charge is 0.332 e. The minimum absolute atomic E-state index is 0.0549. The molecule has 0 atom stereocenters. The number of aromatic nitrogens is 4. The first-order valence-electron chi connectivity index (χ1n) is 8.96. The van der Waals surface area contributed by atoms with Gasteiger partial charge in [0, 0.05) is 17.5 Å². The zero-order chi connectivity index (χ0) is 19.3. The number of nitrogens with zero attached hydrogens (tertiary/aromatic N) is 4. The van der Waals surface area contributed by atoms with Crippen molar-refractivity contribution in [1.29, 1.82) is 0 Å². The van der Waals surface area contributed by atoms with Gasteiger partial charge in [0.25, 0.3) is 5.56 Å². The minimum Gasteiger partial charge on any atom is -0.332 e. The van der Waals surface area contributed by atoms with E-state index in [-0.39, 0.29) is 24.4 Å². The third-order valence-electron chi connectivity index (χ3n) is 5.06. The molecule has 1 N–H and O–H groups in total. The summed E-state index contributed by atoms with van der Waals surface area (Å²) in [5.74, 6) is -0.0549. The van der Waals surface area contributed by atoms with Crippen molar-refractivity contribution in [2.45, 2.75) is 26.4 Å². The van der Waals surface area contributed by atoms with Gasteiger partial charge in [-0.15, -0.1) is 11.3 Å². The molecule has 0 aliphatic carbocycles. The van der Waals surface area contributed by atoms with Gasteiger partial charge in [-0.25, -0.2) is 9.50 Å². The lowest BCUT2D eigenvalue weighted by molar-refractivity contribution is -0.131. The van der Waals surface area contributed by atoms with Crippen molar-refractivity contribution in [3.05, 3.63) is 74.8 Å². The number of aromatic amines is 1. The number of hydrogen-bond acceptors (Lipinski definition) is 5. The van der Waals surface area contributed by atoms with Crippen LogP contribution < -0.4 is 5.56 Å². The van der Waals surface area contributed by atoms with E-state index in [9.17, 15) is 9.59 Å². The maximum atomic E-state index is 13.0. The number of carbonyl (C=O) groups excluding carboxylic acids is 1. The van der Waals surface area contributed by atoms with Crippen molar-refractivity contribution in [2.75, 3.05) is 0 Å². The van der Waals surface area contributed by atoms with E-state index in [4.69, 9.17) is 4.98 Å². The number of pyridine rings is 1. The highest BCUT2D eigenvalue weighted by atomic mass is 32.1. The fourth-order valence-electron chi connectivity index (χ4n) is 3.59. The Morgan fingerprint density at radius 1 is 1.25 bits per heavy atom. The average molecular weight is 391 g/mol. The van der Waals surface area contributed by atoms with Gasteiger partial charge in [-0.3, -0.25) is 19.7 Å². The van der Waals surface area contributed by atoms with Crippen LogP contribution in [0.1, 0.15) is 22.5 Å². The van der Waals surface area contributed by atoms with Crippen LogP contribution in [0.25, 0.3) is 16.2 Å². The quantitative estimate of drug-likeness (QED) is 0.582. The van der Waals surface area contributed by atoms with Crippen molar-refractivity contribution in [2.24, 2.45) is 0 Å². The standard InChI is InChI=1S/C20H17N5O2S/c1-12-18(16-6-4-8-28-16)23-25-19(12)22-15-11-24(10-14(15)20(25)27)17(26)9-13-5-2-3-7-21-13/h2-8,23H,9-11H2,1H3. The molecule has 7 nitrogen and oxygen atoms in total. The predicted octanol–water partition coefficient (Wildman–Crippen LogP) is 2.54. The van der Waals surface area contributed by atoms with E-state index in [2.05, 4.69) is 10.1 Å². The highest BCUT2D eigenvalue weighted by Gasteiger charge is 2.29. The van der Waals surface area contributed by atoms with Crippen LogP contribution in [-0.2, 0) is 24.3 Å². The van der Waals surface area contributed by atoms with Gasteiger partial charge in [0.2, 0.25) is 5.91 Å². The van der Waals surface area contributed by atoms with Gasteiger partial charge in [0.15, 0.2) is 5.65 Å². The molecule has 0 saturated carbocycles. The lowest BCUT2D eigenvalue weighted by atomic mass is 10.2. The second kappa shape index (κ2) is 6.42. The van der Waals surface area contributed by atoms with Crippen molar-refractivity contribution >= 4 is 22.9 Å². The molecule has 1 amide bonds. The Balaban J connectivity index is 1.48. The lowest BCUT2D eigenvalue weighted by Crippen LogP contribution is -2.28. The fourth-order valence-corrected chi connectivity index (χ4v) is 4.36. The van der Waals surface area contributed by atoms with Crippen LogP contribution in [0.2, 0.25) is 0 Å². The number of rotatable bonds is 3. The first-order valence-corrected chi connectivity index (χ1v) is 9.84. The number of hydrogen-bond donors (Lipinski definition) is 1. The second-order valence-electron chi connectivity index (χ2n) is 6.84. The van der Waals surface area contributed by atoms with E-state index in [0.29, 0.717) is 23.4 Å². The minimum atomic E-state index is -0.140. The van der Waals surface area contributed by atoms with Crippen molar-refractivity contribution < 1.29 is 4.79 Å². The second-order valence-corrected chi connectivity index (χ2v) is 7.79. The molecule has 0 saturated heterocycles. The molecule has 28 heavy (non-hydrogen) atoms. The summed E-state index contributed by atoms with van der Waals surface area (Å²) in [6.07, 6.45) is 1.89. The molecule has 8 heteroatoms. The molecule has 4 aromatic heterocycles. The van der Waals surface area contributed by atoms with Crippen LogP contribution in [0.15, 0.2) is 46.7 Å². The highest BCUT2D eigenvalue weighted by Crippen LogP contribution is 2.29. The van der Waals surface area contributed by atoms with E-state index in [1.54, 1.807) is 22.4 Å². The summed E-state index contributed by atoms with van der Waals surface area (Å²) in [6, 6.07) is 9.50. The molecule has 5 rings (SSSR count). The highest BCUT2D eigenvalue weighted by molar-refractivity contribution is 7.13. The maximum absolute atomic E-state index is 13.0. The van der Waals surface area contributed by atoms with Crippen LogP contribution in [0, 0.1) is 6.92 Å². The normalized spacial score (nSPS) is 13.2. The van der Waals surface area contributed by atoms with E-state index in [1.807, 2.05) is 42.6 Å². The van der Waals surface area contributed by atoms with Crippen LogP contribution in [-0.4, -0.2) is 30.4 Å². The molecular weight excluding hydrogens is 374 g/mol. The first-order chi connectivity index (χ1) is 13.6. The van der Waals surface area contributed by atoms with Gasteiger partial charge in [-0.2, -0.15) is 0 Å². The smallest absolute Gasteiger partial charge is 0.278 e. The molecular formula is C20H17N5O2S. The predicted molar refractivity (Wildman–Crippen MR) is 106 cm³/mol. The molecule has 1 aliphatic heterocycles. The number of H-pyrrole nitrogens is 1. The van der Waals surface area contributed by atoms with Gasteiger partial charge in [0.05, 0.1) is 41.3 Å². The summed E-state index contributed by atoms with van der Waals surface area (Å²) in [4.78, 5) is 37.3. The number of fused-ring (bicyclic) bond motifs is 2. The third-order valence-corrected chi connectivity index (χ3v) is 5.95. The Bertz CT molecular complexity index is 1240. The van der Waals surface area contributed by atoms with Crippen molar-refractivity contribution in [3.8, 4) is 10.6 Å². The number of thiophene rings is 1. The van der Waals surface area contributed by atoms with Crippen LogP contribution >= 0.6 is 11.3 Å². The maximum Gasteiger partial charge on any atom is 0.278 e. The number of carbonyl (C=O) groups is 1. The molecule has 1 aliphatic rings. The summed E-state index contributed by atoms with van der Waals surface area (Å²) >= 11 is 1.61. The molecule has 0 bridgehead atoms. The van der Waals surface area contributed by atoms with Gasteiger partial charge in [-0.05, 0) is 30.5 Å². The van der Waals surface area contributed by atoms with Crippen molar-refractivity contribution in [1.82, 2.24) is 24.5 Å². The molecule has 0 unspecified atom stereocenters. The number of nitrogens with one attached hydrogen (secondary N) is 1. The summed E-state index contributed by atoms with van der Waals surface area (Å²) < 4.78 is 1.50. The third kappa shape index (κ3) is 2.65. The number of amides is 1. The molecule has 0 spiro atoms. The van der Waals surface area contributed by atoms with Gasteiger partial charge in [-0.1, -0.05) is 12.1 Å². The topological polar surface area (TPSA) is 83.4 Å². The zero-order valence-electron chi connectivity index (χ0n) is 15.2. The van der Waals surface area contributed by atoms with Gasteiger partial charge >= 0.3 is 0 Å². The molecule has 0 aromatic carbocycles. The first kappa shape index (κ1) is 16.9. The summed E-state index contributed by atoms with van der Waals surface area (Å²) in [6.45, 7) is 2.59. The number of aryl methyl sites for hydroxylation is 1. The molecule has 4 aromatic rings. The molecule has 5 heterocycles. The Hall–Kier alpha value is -3.26. The summed E-state index contributed by atoms with van der Waals surface area (Å²) in [5.41, 5.74) is 4.29. The van der Waals surface area contributed by atoms with E-state index in [0.717, 1.165) is 21.8 Å². The molecule has 0 radical (unpaired) electrons. The summed E-state index contributed by atoms with van der Waals surface area (Å²) in [7, 11) is 0. The average Bonchev–Trinajstić information content (AvgIpc) is 3.43. The van der Waals surface area contributed by atoms with Gasteiger partial charge in [0.1, 0.15) is 0 Å². The lowest BCUT2D eigenvalue weighted by Gasteiger charge is -2.14. The molecule has 140 valence electrons. The van der Waals surface area contributed by atoms with E-state index < -0.39 is 0 Å². The summed E-state index contributed by atoms with van der Waals surface area (Å²) in [5, 5.41) is 5.19. The Morgan fingerprint density at radius 2 is 2.14 bits per heavy atom. The Kier molecular flexibility index (Phi) is 3.87. The zero-order valence-corrected chi connectivity index (χ0v) is 16.0. The van der Waals surface area contributed by atoms with Crippen LogP contribution in [0.4, 0.5) is 0 Å². The Labute approximate surface area is 164 Å². The monoisotopic (exact) mass is 391 g/mol. The Morgan fingerprint density at radius 3 is 2.89 bits per heavy atom. The van der Waals surface area contributed by atoms with E-state index in [1.165, 1.54) is 4.52 Å². The van der Waals surface area contributed by atoms with Crippen molar-refractivity contribution in [3.63, 3.8) is 0 Å². The van der Waals surface area contributed by atoms with Crippen LogP contribution in [0.3, 0.4) is 0 Å². The molecule has 0 fully saturated rings. The SMILES string of the molecule is Cc1c(-c2cccs2)[nH]n2c(=O)c3c(nc12)CN(C(=O)Cc1ccccn1)C3.